The number of hydrogen-bond donors (Lipinski definition) is 1. The molecule has 1 saturated heterocycles. The van der Waals surface area contributed by atoms with Gasteiger partial charge in [-0.05, 0) is 39.7 Å². The predicted molar refractivity (Wildman–Crippen MR) is 117 cm³/mol. The number of non-ortho nitro benzene ring substituents is 1. The van der Waals surface area contributed by atoms with Gasteiger partial charge in [0.25, 0.3) is 5.69 Å². The Morgan fingerprint density at radius 2 is 1.81 bits per heavy atom. The molecule has 1 aromatic carbocycles. The van der Waals surface area contributed by atoms with Crippen molar-refractivity contribution in [2.24, 2.45) is 0 Å². The van der Waals surface area contributed by atoms with Crippen molar-refractivity contribution in [1.82, 2.24) is 14.5 Å². The Hall–Kier alpha value is -2.73. The molecule has 1 heterocycles. The van der Waals surface area contributed by atoms with Crippen molar-refractivity contribution >= 4 is 27.7 Å². The van der Waals surface area contributed by atoms with Crippen LogP contribution in [-0.2, 0) is 19.6 Å². The molecule has 0 radical (unpaired) electrons. The second-order valence-corrected chi connectivity index (χ2v) is 10.4. The fourth-order valence-corrected chi connectivity index (χ4v) is 4.87. The SMILES string of the molecule is Cc1ccc([N+](=O)[O-])cc1S(=O)(=O)N1CCN(C(=O)CCCNC(=O)OC(C)(C)C)CC1. The summed E-state index contributed by atoms with van der Waals surface area (Å²) in [5, 5.41) is 13.6. The Morgan fingerprint density at radius 3 is 2.38 bits per heavy atom. The number of sulfonamides is 1. The highest BCUT2D eigenvalue weighted by molar-refractivity contribution is 7.89. The molecule has 2 rings (SSSR count). The van der Waals surface area contributed by atoms with Crippen LogP contribution in [0.3, 0.4) is 0 Å². The van der Waals surface area contributed by atoms with Gasteiger partial charge in [-0.2, -0.15) is 4.31 Å². The number of carbonyl (C=O) groups is 2. The van der Waals surface area contributed by atoms with Gasteiger partial charge in [0.1, 0.15) is 5.60 Å². The van der Waals surface area contributed by atoms with Crippen LogP contribution in [0.15, 0.2) is 23.1 Å². The van der Waals surface area contributed by atoms with Crippen molar-refractivity contribution < 1.29 is 27.7 Å². The second-order valence-electron chi connectivity index (χ2n) is 8.52. The van der Waals surface area contributed by atoms with E-state index in [0.29, 0.717) is 18.5 Å². The van der Waals surface area contributed by atoms with E-state index in [4.69, 9.17) is 4.74 Å². The minimum absolute atomic E-state index is 0.0975. The highest BCUT2D eigenvalue weighted by Crippen LogP contribution is 2.25. The zero-order valence-corrected chi connectivity index (χ0v) is 19.6. The van der Waals surface area contributed by atoms with Crippen LogP contribution in [0.25, 0.3) is 0 Å². The number of hydrogen-bond acceptors (Lipinski definition) is 7. The molecular weight excluding hydrogens is 440 g/mol. The average Bonchev–Trinajstić information content (AvgIpc) is 2.69. The topological polar surface area (TPSA) is 139 Å². The van der Waals surface area contributed by atoms with Gasteiger partial charge in [-0.15, -0.1) is 0 Å². The van der Waals surface area contributed by atoms with E-state index < -0.39 is 26.6 Å². The first-order chi connectivity index (χ1) is 14.8. The molecule has 12 heteroatoms. The number of ether oxygens (including phenoxy) is 1. The maximum absolute atomic E-state index is 13.0. The van der Waals surface area contributed by atoms with E-state index in [1.807, 2.05) is 0 Å². The van der Waals surface area contributed by atoms with E-state index in [2.05, 4.69) is 5.32 Å². The van der Waals surface area contributed by atoms with Crippen molar-refractivity contribution in [3.63, 3.8) is 0 Å². The second kappa shape index (κ2) is 10.3. The lowest BCUT2D eigenvalue weighted by Crippen LogP contribution is -2.50. The van der Waals surface area contributed by atoms with Crippen LogP contribution in [0.5, 0.6) is 0 Å². The third-order valence-electron chi connectivity index (χ3n) is 4.83. The molecule has 178 valence electrons. The summed E-state index contributed by atoms with van der Waals surface area (Å²) in [7, 11) is -3.91. The molecule has 2 amide bonds. The van der Waals surface area contributed by atoms with E-state index in [-0.39, 0.29) is 49.1 Å². The highest BCUT2D eigenvalue weighted by atomic mass is 32.2. The van der Waals surface area contributed by atoms with Crippen molar-refractivity contribution in [2.45, 2.75) is 51.0 Å². The molecule has 11 nitrogen and oxygen atoms in total. The molecule has 0 bridgehead atoms. The van der Waals surface area contributed by atoms with E-state index in [9.17, 15) is 28.1 Å². The zero-order chi connectivity index (χ0) is 24.1. The first kappa shape index (κ1) is 25.5. The minimum atomic E-state index is -3.91. The van der Waals surface area contributed by atoms with Gasteiger partial charge < -0.3 is 15.0 Å². The first-order valence-corrected chi connectivity index (χ1v) is 11.7. The van der Waals surface area contributed by atoms with E-state index >= 15 is 0 Å². The number of nitrogens with zero attached hydrogens (tertiary/aromatic N) is 3. The third kappa shape index (κ3) is 6.89. The fraction of sp³-hybridized carbons (Fsp3) is 0.600. The van der Waals surface area contributed by atoms with Crippen LogP contribution in [-0.4, -0.2) is 72.9 Å². The smallest absolute Gasteiger partial charge is 0.407 e. The summed E-state index contributed by atoms with van der Waals surface area (Å²) in [6, 6.07) is 3.75. The Kier molecular flexibility index (Phi) is 8.18. The number of rotatable bonds is 7. The summed E-state index contributed by atoms with van der Waals surface area (Å²) in [6.07, 6.45) is 0.107. The molecule has 0 aromatic heterocycles. The lowest BCUT2D eigenvalue weighted by Gasteiger charge is -2.34. The summed E-state index contributed by atoms with van der Waals surface area (Å²) in [6.45, 7) is 7.82. The number of amides is 2. The highest BCUT2D eigenvalue weighted by Gasteiger charge is 2.32. The van der Waals surface area contributed by atoms with Crippen LogP contribution in [0.1, 0.15) is 39.2 Å². The molecule has 32 heavy (non-hydrogen) atoms. The number of nitro benzene ring substituents is 1. The Morgan fingerprint density at radius 1 is 1.19 bits per heavy atom. The maximum Gasteiger partial charge on any atom is 0.407 e. The van der Waals surface area contributed by atoms with Crippen molar-refractivity contribution in [2.75, 3.05) is 32.7 Å². The third-order valence-corrected chi connectivity index (χ3v) is 6.87. The van der Waals surface area contributed by atoms with Crippen LogP contribution in [0.4, 0.5) is 10.5 Å². The summed E-state index contributed by atoms with van der Waals surface area (Å²) >= 11 is 0. The molecule has 0 aliphatic carbocycles. The Bertz CT molecular complexity index is 965. The van der Waals surface area contributed by atoms with Crippen LogP contribution in [0.2, 0.25) is 0 Å². The number of aryl methyl sites for hydroxylation is 1. The van der Waals surface area contributed by atoms with E-state index in [1.54, 1.807) is 32.6 Å². The van der Waals surface area contributed by atoms with Crippen molar-refractivity contribution in [1.29, 1.82) is 0 Å². The Balaban J connectivity index is 1.86. The molecular formula is C20H30N4O7S. The number of nitrogens with one attached hydrogen (secondary N) is 1. The molecule has 1 aliphatic rings. The fourth-order valence-electron chi connectivity index (χ4n) is 3.20. The van der Waals surface area contributed by atoms with E-state index in [0.717, 1.165) is 6.07 Å². The summed E-state index contributed by atoms with van der Waals surface area (Å²) in [4.78, 5) is 35.9. The van der Waals surface area contributed by atoms with Gasteiger partial charge in [0.15, 0.2) is 0 Å². The number of benzene rings is 1. The molecule has 0 spiro atoms. The number of nitro groups is 1. The van der Waals surface area contributed by atoms with Crippen LogP contribution >= 0.6 is 0 Å². The van der Waals surface area contributed by atoms with Gasteiger partial charge in [0.2, 0.25) is 15.9 Å². The summed E-state index contributed by atoms with van der Waals surface area (Å²) < 4.78 is 32.3. The number of carbonyl (C=O) groups excluding carboxylic acids is 2. The molecule has 0 saturated carbocycles. The molecule has 0 unspecified atom stereocenters. The normalized spacial score (nSPS) is 15.3. The largest absolute Gasteiger partial charge is 0.444 e. The minimum Gasteiger partial charge on any atom is -0.444 e. The number of alkyl carbamates (subject to hydrolysis) is 1. The molecule has 1 aliphatic heterocycles. The molecule has 1 fully saturated rings. The zero-order valence-electron chi connectivity index (χ0n) is 18.8. The quantitative estimate of drug-likeness (QED) is 0.365. The van der Waals surface area contributed by atoms with Gasteiger partial charge in [0, 0.05) is 51.3 Å². The molecule has 0 atom stereocenters. The maximum atomic E-state index is 13.0. The average molecular weight is 471 g/mol. The van der Waals surface area contributed by atoms with Gasteiger partial charge in [-0.3, -0.25) is 14.9 Å². The molecule has 1 aromatic rings. The monoisotopic (exact) mass is 470 g/mol. The summed E-state index contributed by atoms with van der Waals surface area (Å²) in [5.41, 5.74) is -0.460. The summed E-state index contributed by atoms with van der Waals surface area (Å²) in [5.74, 6) is -0.125. The van der Waals surface area contributed by atoms with Crippen molar-refractivity contribution in [3.05, 3.63) is 33.9 Å². The number of piperazine rings is 1. The van der Waals surface area contributed by atoms with Gasteiger partial charge in [0.05, 0.1) is 9.82 Å². The lowest BCUT2D eigenvalue weighted by atomic mass is 10.2. The van der Waals surface area contributed by atoms with Crippen LogP contribution < -0.4 is 5.32 Å². The van der Waals surface area contributed by atoms with Crippen LogP contribution in [0, 0.1) is 17.0 Å². The van der Waals surface area contributed by atoms with Gasteiger partial charge >= 0.3 is 6.09 Å². The first-order valence-electron chi connectivity index (χ1n) is 10.3. The van der Waals surface area contributed by atoms with Crippen molar-refractivity contribution in [3.8, 4) is 0 Å². The Labute approximate surface area is 187 Å². The lowest BCUT2D eigenvalue weighted by molar-refractivity contribution is -0.385. The standard InChI is InChI=1S/C20H30N4O7S/c1-15-7-8-16(24(27)28)14-17(15)32(29,30)23-12-10-22(11-13-23)18(25)6-5-9-21-19(26)31-20(2,3)4/h7-8,14H,5-6,9-13H2,1-4H3,(H,21,26). The van der Waals surface area contributed by atoms with Gasteiger partial charge in [-0.25, -0.2) is 13.2 Å². The van der Waals surface area contributed by atoms with Gasteiger partial charge in [-0.1, -0.05) is 6.07 Å². The van der Waals surface area contributed by atoms with E-state index in [1.165, 1.54) is 16.4 Å². The predicted octanol–water partition coefficient (Wildman–Crippen LogP) is 2.04. The molecule has 1 N–H and O–H groups in total.